The Labute approximate surface area is 109 Å². The molecule has 5 N–H and O–H groups in total. The van der Waals surface area contributed by atoms with E-state index < -0.39 is 0 Å². The van der Waals surface area contributed by atoms with Gasteiger partial charge in [0.1, 0.15) is 0 Å². The van der Waals surface area contributed by atoms with Crippen molar-refractivity contribution in [2.45, 2.75) is 6.54 Å². The number of nitrogen functional groups attached to an aromatic ring is 2. The lowest BCUT2D eigenvalue weighted by molar-refractivity contribution is 1.15. The first-order chi connectivity index (χ1) is 8.15. The average molecular weight is 292 g/mol. The van der Waals surface area contributed by atoms with E-state index in [2.05, 4.69) is 33.4 Å². The number of hydrogen-bond donors (Lipinski definition) is 3. The van der Waals surface area contributed by atoms with Crippen molar-refractivity contribution in [2.24, 2.45) is 0 Å². The van der Waals surface area contributed by atoms with Crippen LogP contribution in [0.1, 0.15) is 5.56 Å². The lowest BCUT2D eigenvalue weighted by atomic mass is 10.2. The van der Waals surface area contributed by atoms with Crippen molar-refractivity contribution in [1.82, 2.24) is 0 Å². The van der Waals surface area contributed by atoms with Gasteiger partial charge in [-0.25, -0.2) is 0 Å². The van der Waals surface area contributed by atoms with Gasteiger partial charge in [-0.2, -0.15) is 0 Å². The summed E-state index contributed by atoms with van der Waals surface area (Å²) in [5.41, 5.74) is 14.8. The Hall–Kier alpha value is -1.68. The normalized spacial score (nSPS) is 10.2. The van der Waals surface area contributed by atoms with Crippen molar-refractivity contribution < 1.29 is 0 Å². The van der Waals surface area contributed by atoms with E-state index in [9.17, 15) is 0 Å². The van der Waals surface area contributed by atoms with Gasteiger partial charge in [-0.15, -0.1) is 0 Å². The second-order valence-electron chi connectivity index (χ2n) is 3.82. The summed E-state index contributed by atoms with van der Waals surface area (Å²) in [6, 6.07) is 13.7. The fraction of sp³-hybridized carbons (Fsp3) is 0.0769. The number of halogens is 1. The highest BCUT2D eigenvalue weighted by Gasteiger charge is 1.97. The molecule has 0 aromatic heterocycles. The number of nitrogens with one attached hydrogen (secondary N) is 1. The first kappa shape index (κ1) is 11.8. The zero-order valence-corrected chi connectivity index (χ0v) is 10.9. The topological polar surface area (TPSA) is 64.1 Å². The summed E-state index contributed by atoms with van der Waals surface area (Å²) in [6.07, 6.45) is 0. The van der Waals surface area contributed by atoms with E-state index in [1.54, 1.807) is 6.07 Å². The molecule has 0 spiro atoms. The predicted octanol–water partition coefficient (Wildman–Crippen LogP) is 3.23. The van der Waals surface area contributed by atoms with E-state index in [1.807, 2.05) is 24.3 Å². The van der Waals surface area contributed by atoms with Crippen LogP contribution < -0.4 is 16.8 Å². The summed E-state index contributed by atoms with van der Waals surface area (Å²) >= 11 is 3.41. The Bertz CT molecular complexity index is 509. The maximum absolute atomic E-state index is 5.74. The number of hydrogen-bond acceptors (Lipinski definition) is 3. The SMILES string of the molecule is Nc1ccc(NCc2ccc(Br)cc2)cc1N. The number of anilines is 3. The molecule has 0 saturated carbocycles. The van der Waals surface area contributed by atoms with Crippen LogP contribution in [-0.2, 0) is 6.54 Å². The van der Waals surface area contributed by atoms with Gasteiger partial charge in [-0.05, 0) is 35.9 Å². The quantitative estimate of drug-likeness (QED) is 0.761. The Balaban J connectivity index is 2.02. The van der Waals surface area contributed by atoms with Crippen LogP contribution in [0.2, 0.25) is 0 Å². The predicted molar refractivity (Wildman–Crippen MR) is 76.7 cm³/mol. The summed E-state index contributed by atoms with van der Waals surface area (Å²) < 4.78 is 1.08. The molecule has 0 fully saturated rings. The Morgan fingerprint density at radius 1 is 0.941 bits per heavy atom. The average Bonchev–Trinajstić information content (AvgIpc) is 2.33. The fourth-order valence-electron chi connectivity index (χ4n) is 1.49. The highest BCUT2D eigenvalue weighted by atomic mass is 79.9. The van der Waals surface area contributed by atoms with Gasteiger partial charge in [-0.3, -0.25) is 0 Å². The van der Waals surface area contributed by atoms with Crippen molar-refractivity contribution in [3.63, 3.8) is 0 Å². The second kappa shape index (κ2) is 5.10. The fourth-order valence-corrected chi connectivity index (χ4v) is 1.76. The first-order valence-corrected chi connectivity index (χ1v) is 6.08. The molecule has 0 heterocycles. The molecule has 2 rings (SSSR count). The van der Waals surface area contributed by atoms with Gasteiger partial charge in [0.25, 0.3) is 0 Å². The molecule has 0 radical (unpaired) electrons. The molecule has 0 aliphatic heterocycles. The van der Waals surface area contributed by atoms with Crippen LogP contribution in [0.5, 0.6) is 0 Å². The van der Waals surface area contributed by atoms with Crippen LogP contribution in [0, 0.1) is 0 Å². The number of rotatable bonds is 3. The van der Waals surface area contributed by atoms with E-state index in [0.717, 1.165) is 16.7 Å². The highest BCUT2D eigenvalue weighted by molar-refractivity contribution is 9.10. The monoisotopic (exact) mass is 291 g/mol. The smallest absolute Gasteiger partial charge is 0.0568 e. The van der Waals surface area contributed by atoms with Crippen LogP contribution >= 0.6 is 15.9 Å². The molecule has 0 amide bonds. The van der Waals surface area contributed by atoms with Crippen molar-refractivity contribution in [2.75, 3.05) is 16.8 Å². The standard InChI is InChI=1S/C13H14BrN3/c14-10-3-1-9(2-4-10)8-17-11-5-6-12(15)13(16)7-11/h1-7,17H,8,15-16H2. The van der Waals surface area contributed by atoms with Crippen LogP contribution in [-0.4, -0.2) is 0 Å². The van der Waals surface area contributed by atoms with Crippen LogP contribution in [0.4, 0.5) is 17.1 Å². The summed E-state index contributed by atoms with van der Waals surface area (Å²) in [7, 11) is 0. The molecular formula is C13H14BrN3. The largest absolute Gasteiger partial charge is 0.397 e. The molecule has 0 aliphatic carbocycles. The zero-order valence-electron chi connectivity index (χ0n) is 9.28. The van der Waals surface area contributed by atoms with Crippen molar-refractivity contribution >= 4 is 33.0 Å². The third-order valence-corrected chi connectivity index (χ3v) is 3.03. The van der Waals surface area contributed by atoms with Gasteiger partial charge in [-0.1, -0.05) is 28.1 Å². The van der Waals surface area contributed by atoms with E-state index in [4.69, 9.17) is 11.5 Å². The molecule has 0 bridgehead atoms. The lowest BCUT2D eigenvalue weighted by Gasteiger charge is -2.08. The van der Waals surface area contributed by atoms with Crippen molar-refractivity contribution in [3.8, 4) is 0 Å². The molecule has 0 atom stereocenters. The van der Waals surface area contributed by atoms with E-state index >= 15 is 0 Å². The molecule has 0 unspecified atom stereocenters. The minimum absolute atomic E-state index is 0.603. The van der Waals surface area contributed by atoms with Gasteiger partial charge >= 0.3 is 0 Å². The molecule has 2 aromatic rings. The van der Waals surface area contributed by atoms with Crippen molar-refractivity contribution in [1.29, 1.82) is 0 Å². The number of nitrogens with two attached hydrogens (primary N) is 2. The molecule has 3 nitrogen and oxygen atoms in total. The molecule has 2 aromatic carbocycles. The second-order valence-corrected chi connectivity index (χ2v) is 4.74. The van der Waals surface area contributed by atoms with E-state index in [1.165, 1.54) is 5.56 Å². The summed E-state index contributed by atoms with van der Waals surface area (Å²) in [5, 5.41) is 3.30. The van der Waals surface area contributed by atoms with Gasteiger partial charge in [0.15, 0.2) is 0 Å². The maximum atomic E-state index is 5.74. The Morgan fingerprint density at radius 3 is 2.29 bits per heavy atom. The minimum atomic E-state index is 0.603. The van der Waals surface area contributed by atoms with Gasteiger partial charge in [0.2, 0.25) is 0 Å². The first-order valence-electron chi connectivity index (χ1n) is 5.28. The summed E-state index contributed by atoms with van der Waals surface area (Å²) in [4.78, 5) is 0. The molecule has 0 saturated heterocycles. The highest BCUT2D eigenvalue weighted by Crippen LogP contribution is 2.20. The van der Waals surface area contributed by atoms with E-state index in [0.29, 0.717) is 11.4 Å². The molecule has 0 aliphatic rings. The lowest BCUT2D eigenvalue weighted by Crippen LogP contribution is -2.01. The third-order valence-electron chi connectivity index (χ3n) is 2.50. The Morgan fingerprint density at radius 2 is 1.65 bits per heavy atom. The van der Waals surface area contributed by atoms with Crippen molar-refractivity contribution in [3.05, 3.63) is 52.5 Å². The minimum Gasteiger partial charge on any atom is -0.397 e. The van der Waals surface area contributed by atoms with E-state index in [-0.39, 0.29) is 0 Å². The van der Waals surface area contributed by atoms with Gasteiger partial charge in [0, 0.05) is 16.7 Å². The van der Waals surface area contributed by atoms with Gasteiger partial charge < -0.3 is 16.8 Å². The Kier molecular flexibility index (Phi) is 3.54. The maximum Gasteiger partial charge on any atom is 0.0568 e. The molecule has 88 valence electrons. The van der Waals surface area contributed by atoms with Crippen LogP contribution in [0.25, 0.3) is 0 Å². The molecule has 4 heteroatoms. The summed E-state index contributed by atoms with van der Waals surface area (Å²) in [5.74, 6) is 0. The molecular weight excluding hydrogens is 278 g/mol. The molecule has 17 heavy (non-hydrogen) atoms. The van der Waals surface area contributed by atoms with Crippen LogP contribution in [0.15, 0.2) is 46.9 Å². The van der Waals surface area contributed by atoms with Crippen LogP contribution in [0.3, 0.4) is 0 Å². The summed E-state index contributed by atoms with van der Waals surface area (Å²) in [6.45, 7) is 0.761. The third kappa shape index (κ3) is 3.14. The van der Waals surface area contributed by atoms with Gasteiger partial charge in [0.05, 0.1) is 11.4 Å². The number of benzene rings is 2. The zero-order chi connectivity index (χ0) is 12.3.